The molecule has 0 saturated carbocycles. The predicted octanol–water partition coefficient (Wildman–Crippen LogP) is 0.646. The third-order valence-electron chi connectivity index (χ3n) is 3.44. The van der Waals surface area contributed by atoms with Gasteiger partial charge in [-0.15, -0.1) is 0 Å². The fraction of sp³-hybridized carbons (Fsp3) is 0.571. The molecule has 0 bridgehead atoms. The molecular formula is C14H22N2O2. The smallest absolute Gasteiger partial charge is 0.0990 e. The van der Waals surface area contributed by atoms with Crippen molar-refractivity contribution in [1.82, 2.24) is 5.32 Å². The van der Waals surface area contributed by atoms with Crippen molar-refractivity contribution in [2.24, 2.45) is 0 Å². The molecule has 2 atom stereocenters. The van der Waals surface area contributed by atoms with Gasteiger partial charge in [0, 0.05) is 25.3 Å². The van der Waals surface area contributed by atoms with Gasteiger partial charge in [-0.1, -0.05) is 19.1 Å². The first-order chi connectivity index (χ1) is 8.61. The molecule has 1 fully saturated rings. The Morgan fingerprint density at radius 1 is 1.28 bits per heavy atom. The highest BCUT2D eigenvalue weighted by Crippen LogP contribution is 2.25. The normalized spacial score (nSPS) is 23.7. The van der Waals surface area contributed by atoms with Crippen LogP contribution in [0.5, 0.6) is 0 Å². The number of hydrogen-bond donors (Lipinski definition) is 3. The molecule has 2 rings (SSSR count). The Bertz CT molecular complexity index is 399. The van der Waals surface area contributed by atoms with E-state index in [2.05, 4.69) is 37.4 Å². The number of anilines is 1. The predicted molar refractivity (Wildman–Crippen MR) is 72.8 cm³/mol. The summed E-state index contributed by atoms with van der Waals surface area (Å²) in [5.74, 6) is 0. The number of nitrogens with zero attached hydrogens (tertiary/aromatic N) is 1. The van der Waals surface area contributed by atoms with Crippen LogP contribution in [-0.2, 0) is 6.54 Å². The van der Waals surface area contributed by atoms with Crippen molar-refractivity contribution in [2.45, 2.75) is 32.6 Å². The van der Waals surface area contributed by atoms with Gasteiger partial charge in [0.15, 0.2) is 0 Å². The van der Waals surface area contributed by atoms with Crippen molar-refractivity contribution in [3.63, 3.8) is 0 Å². The Kier molecular flexibility index (Phi) is 4.22. The molecule has 18 heavy (non-hydrogen) atoms. The molecule has 4 heteroatoms. The summed E-state index contributed by atoms with van der Waals surface area (Å²) < 4.78 is 0. The number of β-amino-alcohol motifs (C(OH)–C–C–N with tert-alkyl or cyclic N) is 2. The van der Waals surface area contributed by atoms with Crippen molar-refractivity contribution in [3.05, 3.63) is 29.3 Å². The molecule has 100 valence electrons. The molecule has 1 heterocycles. The van der Waals surface area contributed by atoms with Crippen LogP contribution in [0.4, 0.5) is 5.69 Å². The molecule has 0 radical (unpaired) electrons. The van der Waals surface area contributed by atoms with E-state index in [1.807, 2.05) is 4.90 Å². The van der Waals surface area contributed by atoms with E-state index in [9.17, 15) is 10.2 Å². The van der Waals surface area contributed by atoms with Crippen LogP contribution in [0.25, 0.3) is 0 Å². The first-order valence-electron chi connectivity index (χ1n) is 6.53. The molecule has 1 aromatic carbocycles. The molecule has 0 spiro atoms. The number of nitrogens with one attached hydrogen (secondary N) is 1. The van der Waals surface area contributed by atoms with Crippen molar-refractivity contribution < 1.29 is 10.2 Å². The summed E-state index contributed by atoms with van der Waals surface area (Å²) >= 11 is 0. The molecule has 0 aliphatic carbocycles. The molecule has 2 unspecified atom stereocenters. The van der Waals surface area contributed by atoms with Crippen LogP contribution in [-0.4, -0.2) is 42.1 Å². The highest BCUT2D eigenvalue weighted by Gasteiger charge is 2.30. The largest absolute Gasteiger partial charge is 0.389 e. The molecule has 0 aromatic heterocycles. The van der Waals surface area contributed by atoms with E-state index in [1.165, 1.54) is 11.1 Å². The summed E-state index contributed by atoms with van der Waals surface area (Å²) in [5, 5.41) is 22.5. The highest BCUT2D eigenvalue weighted by molar-refractivity contribution is 5.55. The average molecular weight is 250 g/mol. The van der Waals surface area contributed by atoms with Crippen LogP contribution < -0.4 is 10.2 Å². The van der Waals surface area contributed by atoms with E-state index in [1.54, 1.807) is 0 Å². The van der Waals surface area contributed by atoms with E-state index in [0.29, 0.717) is 13.1 Å². The van der Waals surface area contributed by atoms with Crippen molar-refractivity contribution in [2.75, 3.05) is 24.5 Å². The van der Waals surface area contributed by atoms with E-state index in [4.69, 9.17) is 0 Å². The van der Waals surface area contributed by atoms with Crippen LogP contribution in [0.1, 0.15) is 18.1 Å². The van der Waals surface area contributed by atoms with Gasteiger partial charge in [-0.05, 0) is 30.7 Å². The first kappa shape index (κ1) is 13.3. The minimum Gasteiger partial charge on any atom is -0.389 e. The lowest BCUT2D eigenvalue weighted by molar-refractivity contribution is 0.0572. The number of rotatable bonds is 4. The molecule has 1 saturated heterocycles. The minimum atomic E-state index is -0.633. The van der Waals surface area contributed by atoms with Crippen molar-refractivity contribution >= 4 is 5.69 Å². The van der Waals surface area contributed by atoms with Gasteiger partial charge in [0.1, 0.15) is 0 Å². The van der Waals surface area contributed by atoms with E-state index in [-0.39, 0.29) is 0 Å². The molecule has 3 N–H and O–H groups in total. The number of aryl methyl sites for hydroxylation is 1. The zero-order valence-corrected chi connectivity index (χ0v) is 11.1. The maximum atomic E-state index is 9.59. The molecule has 0 amide bonds. The van der Waals surface area contributed by atoms with Gasteiger partial charge in [-0.25, -0.2) is 0 Å². The summed E-state index contributed by atoms with van der Waals surface area (Å²) in [6.07, 6.45) is -1.27. The molecule has 1 aliphatic rings. The summed E-state index contributed by atoms with van der Waals surface area (Å²) in [4.78, 5) is 2.04. The Hall–Kier alpha value is -1.10. The second-order valence-electron chi connectivity index (χ2n) is 4.94. The number of aliphatic hydroxyl groups is 2. The van der Waals surface area contributed by atoms with Crippen LogP contribution >= 0.6 is 0 Å². The fourth-order valence-electron chi connectivity index (χ4n) is 2.42. The lowest BCUT2D eigenvalue weighted by atomic mass is 10.1. The van der Waals surface area contributed by atoms with Crippen molar-refractivity contribution in [1.29, 1.82) is 0 Å². The first-order valence-corrected chi connectivity index (χ1v) is 6.53. The van der Waals surface area contributed by atoms with E-state index >= 15 is 0 Å². The molecule has 4 nitrogen and oxygen atoms in total. The van der Waals surface area contributed by atoms with Crippen molar-refractivity contribution in [3.8, 4) is 0 Å². The maximum absolute atomic E-state index is 9.59. The zero-order chi connectivity index (χ0) is 13.1. The summed E-state index contributed by atoms with van der Waals surface area (Å²) in [6, 6.07) is 6.34. The topological polar surface area (TPSA) is 55.7 Å². The SMILES string of the molecule is CCNCc1ccc(N2CC(O)C(O)C2)c(C)c1. The van der Waals surface area contributed by atoms with Crippen LogP contribution in [0.15, 0.2) is 18.2 Å². The van der Waals surface area contributed by atoms with E-state index in [0.717, 1.165) is 18.8 Å². The van der Waals surface area contributed by atoms with Crippen LogP contribution in [0, 0.1) is 6.92 Å². The lowest BCUT2D eigenvalue weighted by Crippen LogP contribution is -2.22. The summed E-state index contributed by atoms with van der Waals surface area (Å²) in [6.45, 7) is 7.02. The molecular weight excluding hydrogens is 228 g/mol. The molecule has 1 aliphatic heterocycles. The van der Waals surface area contributed by atoms with Crippen LogP contribution in [0.2, 0.25) is 0 Å². The van der Waals surface area contributed by atoms with Gasteiger partial charge < -0.3 is 20.4 Å². The number of aliphatic hydroxyl groups excluding tert-OH is 2. The standard InChI is InChI=1S/C14H22N2O2/c1-3-15-7-11-4-5-12(10(2)6-11)16-8-13(17)14(18)9-16/h4-6,13-15,17-18H,3,7-9H2,1-2H3. The van der Waals surface area contributed by atoms with E-state index < -0.39 is 12.2 Å². The Morgan fingerprint density at radius 3 is 2.50 bits per heavy atom. The third-order valence-corrected chi connectivity index (χ3v) is 3.44. The summed E-state index contributed by atoms with van der Waals surface area (Å²) in [5.41, 5.74) is 3.55. The van der Waals surface area contributed by atoms with Gasteiger partial charge in [-0.2, -0.15) is 0 Å². The average Bonchev–Trinajstić information content (AvgIpc) is 2.67. The minimum absolute atomic E-state index is 0.508. The Labute approximate surface area is 108 Å². The Morgan fingerprint density at radius 2 is 1.94 bits per heavy atom. The quantitative estimate of drug-likeness (QED) is 0.734. The second kappa shape index (κ2) is 5.69. The Balaban J connectivity index is 2.10. The van der Waals surface area contributed by atoms with Gasteiger partial charge in [0.05, 0.1) is 12.2 Å². The highest BCUT2D eigenvalue weighted by atomic mass is 16.3. The molecule has 1 aromatic rings. The summed E-state index contributed by atoms with van der Waals surface area (Å²) in [7, 11) is 0. The monoisotopic (exact) mass is 250 g/mol. The van der Waals surface area contributed by atoms with Gasteiger partial charge >= 0.3 is 0 Å². The maximum Gasteiger partial charge on any atom is 0.0990 e. The van der Waals surface area contributed by atoms with Gasteiger partial charge in [-0.3, -0.25) is 0 Å². The van der Waals surface area contributed by atoms with Gasteiger partial charge in [0.2, 0.25) is 0 Å². The van der Waals surface area contributed by atoms with Crippen LogP contribution in [0.3, 0.4) is 0 Å². The zero-order valence-electron chi connectivity index (χ0n) is 11.1. The third kappa shape index (κ3) is 2.83. The lowest BCUT2D eigenvalue weighted by Gasteiger charge is -2.20. The number of benzene rings is 1. The second-order valence-corrected chi connectivity index (χ2v) is 4.94. The number of hydrogen-bond acceptors (Lipinski definition) is 4. The van der Waals surface area contributed by atoms with Gasteiger partial charge in [0.25, 0.3) is 0 Å². The fourth-order valence-corrected chi connectivity index (χ4v) is 2.42.